The second kappa shape index (κ2) is 19.1. The Hall–Kier alpha value is -3.18. The van der Waals surface area contributed by atoms with Gasteiger partial charge in [-0.2, -0.15) is 0 Å². The van der Waals surface area contributed by atoms with Crippen LogP contribution in [0, 0.1) is 0 Å². The van der Waals surface area contributed by atoms with Gasteiger partial charge in [-0.1, -0.05) is 71.8 Å². The Morgan fingerprint density at radius 3 is 1.25 bits per heavy atom. The van der Waals surface area contributed by atoms with Crippen LogP contribution >= 0.6 is 19.4 Å². The molecule has 0 radical (unpaired) electrons. The Kier molecular flexibility index (Phi) is 15.2. The van der Waals surface area contributed by atoms with Crippen LogP contribution in [0.5, 0.6) is 11.5 Å². The molecule has 4 aromatic rings. The molecule has 2 aliphatic heterocycles. The van der Waals surface area contributed by atoms with Crippen molar-refractivity contribution >= 4 is 39.4 Å². The average Bonchev–Trinajstić information content (AvgIpc) is 3.11. The maximum absolute atomic E-state index is 11.2. The summed E-state index contributed by atoms with van der Waals surface area (Å²) in [6.07, 6.45) is 1.59. The molecule has 2 atom stereocenters. The molecule has 6 rings (SSSR count). The number of aliphatic hydroxyl groups is 2. The van der Waals surface area contributed by atoms with E-state index in [0.29, 0.717) is 48.8 Å². The fraction of sp³-hybridized carbons (Fsp3) is 0.176. The zero-order valence-corrected chi connectivity index (χ0v) is 33.2. The summed E-state index contributed by atoms with van der Waals surface area (Å²) < 4.78 is 55.8. The Labute approximate surface area is 312 Å². The number of halogens is 2. The third-order valence-corrected chi connectivity index (χ3v) is 9.34. The molecule has 6 N–H and O–H groups in total. The minimum absolute atomic E-state index is 0.0710. The Balaban J connectivity index is 0.000000212. The molecule has 0 aliphatic carbocycles. The number of sulfonamides is 2. The van der Waals surface area contributed by atoms with E-state index in [-0.39, 0.29) is 9.79 Å². The van der Waals surface area contributed by atoms with E-state index in [9.17, 15) is 27.0 Å². The molecule has 0 spiro atoms. The van der Waals surface area contributed by atoms with Crippen LogP contribution in [0.4, 0.5) is 0 Å². The minimum atomic E-state index is -3.68. The molecular formula is C34H34Cl2N4O8S2Zn-2. The molecule has 0 amide bonds. The van der Waals surface area contributed by atoms with Gasteiger partial charge in [0.2, 0.25) is 20.0 Å². The molecule has 0 saturated heterocycles. The van der Waals surface area contributed by atoms with Crippen molar-refractivity contribution in [3.05, 3.63) is 154 Å². The number of nitrogens with two attached hydrogens (primary N) is 2. The van der Waals surface area contributed by atoms with Gasteiger partial charge in [0, 0.05) is 11.1 Å². The number of nitrogens with zero attached hydrogens (tertiary/aromatic N) is 2. The number of fused-ring (bicyclic) bond motifs is 2. The van der Waals surface area contributed by atoms with Gasteiger partial charge in [-0.25, -0.2) is 27.1 Å². The summed E-state index contributed by atoms with van der Waals surface area (Å²) in [7, 11) is 2.54. The molecule has 51 heavy (non-hydrogen) atoms. The van der Waals surface area contributed by atoms with Crippen molar-refractivity contribution in [2.24, 2.45) is 10.3 Å². The van der Waals surface area contributed by atoms with Crippen LogP contribution in [0.2, 0.25) is 0 Å². The number of benzene rings is 4. The number of aliphatic hydroxyl groups excluding tert-OH is 2. The van der Waals surface area contributed by atoms with Crippen molar-refractivity contribution in [2.45, 2.75) is 35.1 Å². The van der Waals surface area contributed by atoms with Gasteiger partial charge in [0.15, 0.2) is 0 Å². The van der Waals surface area contributed by atoms with Crippen LogP contribution < -0.4 is 19.8 Å². The first-order valence-corrected chi connectivity index (χ1v) is 26.1. The Morgan fingerprint density at radius 2 is 0.922 bits per heavy atom. The number of para-hydroxylation sites is 2. The summed E-state index contributed by atoms with van der Waals surface area (Å²) in [5.41, 5.74) is 4.51. The van der Waals surface area contributed by atoms with Gasteiger partial charge < -0.3 is 30.3 Å². The van der Waals surface area contributed by atoms with Crippen LogP contribution in [0.25, 0.3) is 10.6 Å². The van der Waals surface area contributed by atoms with Crippen molar-refractivity contribution < 1.29 is 51.7 Å². The summed E-state index contributed by atoms with van der Waals surface area (Å²) >= 11 is -0.931. The van der Waals surface area contributed by atoms with E-state index in [1.165, 1.54) is 36.8 Å². The van der Waals surface area contributed by atoms with Gasteiger partial charge in [-0.3, -0.25) is 0 Å². The van der Waals surface area contributed by atoms with E-state index in [0.717, 1.165) is 22.3 Å². The molecule has 0 saturated carbocycles. The van der Waals surface area contributed by atoms with Gasteiger partial charge in [-0.15, -0.1) is 26.2 Å². The van der Waals surface area contributed by atoms with E-state index in [4.69, 9.17) is 39.1 Å². The molecule has 0 fully saturated rings. The zero-order valence-electron chi connectivity index (χ0n) is 27.0. The van der Waals surface area contributed by atoms with Crippen LogP contribution in [-0.2, 0) is 48.3 Å². The first-order chi connectivity index (χ1) is 24.3. The van der Waals surface area contributed by atoms with Crippen LogP contribution in [0.1, 0.15) is 34.5 Å². The van der Waals surface area contributed by atoms with Crippen molar-refractivity contribution in [1.82, 2.24) is 0 Å². The molecule has 12 nitrogen and oxygen atoms in total. The Bertz CT molecular complexity index is 1900. The van der Waals surface area contributed by atoms with Crippen molar-refractivity contribution in [1.29, 1.82) is 0 Å². The maximum atomic E-state index is 11.2. The first kappa shape index (κ1) is 40.6. The van der Waals surface area contributed by atoms with Crippen molar-refractivity contribution in [3.63, 3.8) is 0 Å². The van der Waals surface area contributed by atoms with E-state index >= 15 is 0 Å². The molecule has 4 aromatic carbocycles. The van der Waals surface area contributed by atoms with Crippen molar-refractivity contribution in [2.75, 3.05) is 13.1 Å². The van der Waals surface area contributed by atoms with Crippen LogP contribution in [0.3, 0.4) is 0 Å². The standard InChI is InChI=1S/2C17H17N2O4S.2ClH.Zn/c2*18-24(21,22)14-7-5-12(6-8-14)9-19-10-13-11-23-16-4-2-1-3-15(16)17(13)20;;;/h2*1-8,11,17,20H,9-10H2,(H2,18,21,22);2*1H;/q2*-1;;;+2/p-2. The quantitative estimate of drug-likeness (QED) is 0.143. The third-order valence-electron chi connectivity index (χ3n) is 7.49. The predicted molar refractivity (Wildman–Crippen MR) is 191 cm³/mol. The van der Waals surface area contributed by atoms with Gasteiger partial charge in [-0.05, 0) is 47.5 Å². The van der Waals surface area contributed by atoms with Crippen molar-refractivity contribution in [3.8, 4) is 11.5 Å². The van der Waals surface area contributed by atoms with E-state index in [2.05, 4.69) is 10.6 Å². The summed E-state index contributed by atoms with van der Waals surface area (Å²) in [5.74, 6) is 1.29. The number of ether oxygens (including phenoxy) is 2. The fourth-order valence-electron chi connectivity index (χ4n) is 4.88. The van der Waals surface area contributed by atoms with Gasteiger partial charge in [0.1, 0.15) is 23.7 Å². The van der Waals surface area contributed by atoms with Gasteiger partial charge in [0.05, 0.1) is 22.3 Å². The van der Waals surface area contributed by atoms with Crippen LogP contribution in [-0.4, -0.2) is 40.1 Å². The van der Waals surface area contributed by atoms with Gasteiger partial charge >= 0.3 is 34.5 Å². The SMILES string of the molecule is NS(=O)(=O)c1ccc(C[N-]CC2=COc3ccccc3C2O)cc1.NS(=O)(=O)c1ccc(C[N-]CC2=COc3ccccc3C2O)cc1.[Cl][Zn][Cl]. The summed E-state index contributed by atoms with van der Waals surface area (Å²) in [6, 6.07) is 27.1. The fourth-order valence-corrected chi connectivity index (χ4v) is 5.91. The number of hydrogen-bond donors (Lipinski definition) is 4. The second-order valence-corrected chi connectivity index (χ2v) is 18.8. The number of rotatable bonds is 10. The molecule has 2 heterocycles. The van der Waals surface area contributed by atoms with E-state index < -0.39 is 47.4 Å². The normalized spacial score (nSPS) is 16.1. The second-order valence-electron chi connectivity index (χ2n) is 11.1. The summed E-state index contributed by atoms with van der Waals surface area (Å²) in [6.45, 7) is 1.45. The molecule has 268 valence electrons. The van der Waals surface area contributed by atoms with Crippen LogP contribution in [0.15, 0.2) is 131 Å². The first-order valence-electron chi connectivity index (χ1n) is 15.2. The van der Waals surface area contributed by atoms with E-state index in [1.54, 1.807) is 36.4 Å². The van der Waals surface area contributed by atoms with E-state index in [1.807, 2.05) is 36.4 Å². The molecule has 17 heteroatoms. The molecule has 2 aliphatic rings. The third kappa shape index (κ3) is 11.9. The molecular weight excluding hydrogens is 793 g/mol. The monoisotopic (exact) mass is 824 g/mol. The predicted octanol–water partition coefficient (Wildman–Crippen LogP) is 5.81. The molecule has 0 bridgehead atoms. The summed E-state index contributed by atoms with van der Waals surface area (Å²) in [5, 5.41) is 39.6. The molecule has 0 aromatic heterocycles. The molecule has 2 unspecified atom stereocenters. The zero-order chi connectivity index (χ0) is 37.0. The number of hydrogen-bond acceptors (Lipinski definition) is 8. The average molecular weight is 827 g/mol. The number of primary sulfonamides is 2. The van der Waals surface area contributed by atoms with Gasteiger partial charge in [0.25, 0.3) is 0 Å². The summed E-state index contributed by atoms with van der Waals surface area (Å²) in [4.78, 5) is 0.142. The Morgan fingerprint density at radius 1 is 0.588 bits per heavy atom. The topological polar surface area (TPSA) is 207 Å².